The summed E-state index contributed by atoms with van der Waals surface area (Å²) in [7, 11) is 0. The third-order valence-corrected chi connectivity index (χ3v) is 4.87. The molecule has 2 saturated heterocycles. The van der Waals surface area contributed by atoms with Gasteiger partial charge in [0.05, 0.1) is 5.54 Å². The van der Waals surface area contributed by atoms with Gasteiger partial charge in [-0.1, -0.05) is 0 Å². The van der Waals surface area contributed by atoms with E-state index in [-0.39, 0.29) is 42.0 Å². The Hall–Kier alpha value is -1.17. The van der Waals surface area contributed by atoms with Crippen LogP contribution in [0.15, 0.2) is 24.3 Å². The van der Waals surface area contributed by atoms with Gasteiger partial charge in [0.1, 0.15) is 5.75 Å². The van der Waals surface area contributed by atoms with Crippen LogP contribution in [-0.2, 0) is 4.79 Å². The second kappa shape index (κ2) is 8.79. The molecular weight excluding hydrogens is 349 g/mol. The number of phenolic OH excluding ortho intramolecular Hbond substituents is 1. The van der Waals surface area contributed by atoms with Gasteiger partial charge in [-0.2, -0.15) is 0 Å². The fourth-order valence-electron chi connectivity index (χ4n) is 3.42. The lowest BCUT2D eigenvalue weighted by atomic mass is 9.89. The molecule has 2 aliphatic heterocycles. The molecule has 7 heteroatoms. The molecule has 2 N–H and O–H groups in total. The summed E-state index contributed by atoms with van der Waals surface area (Å²) in [5.74, 6) is 0.534. The van der Waals surface area contributed by atoms with Crippen molar-refractivity contribution in [3.05, 3.63) is 24.3 Å². The van der Waals surface area contributed by atoms with E-state index in [1.54, 1.807) is 12.1 Å². The maximum atomic E-state index is 12.8. The van der Waals surface area contributed by atoms with E-state index in [0.29, 0.717) is 0 Å². The Morgan fingerprint density at radius 1 is 1.08 bits per heavy atom. The van der Waals surface area contributed by atoms with Crippen LogP contribution in [0.1, 0.15) is 26.2 Å². The molecule has 1 atom stereocenters. The van der Waals surface area contributed by atoms with Gasteiger partial charge < -0.3 is 20.2 Å². The number of nitrogens with one attached hydrogen (secondary N) is 1. The lowest BCUT2D eigenvalue weighted by Gasteiger charge is -2.42. The molecule has 5 nitrogen and oxygen atoms in total. The molecule has 2 aliphatic rings. The largest absolute Gasteiger partial charge is 0.508 e. The number of phenols is 1. The number of piperidine rings is 1. The fourth-order valence-corrected chi connectivity index (χ4v) is 3.42. The maximum Gasteiger partial charge on any atom is 0.242 e. The second-order valence-corrected chi connectivity index (χ2v) is 6.51. The summed E-state index contributed by atoms with van der Waals surface area (Å²) >= 11 is 0. The molecule has 0 saturated carbocycles. The molecular formula is C17H27Cl2N3O2. The SMILES string of the molecule is CC1(C(=O)N2CCN(c3ccc(O)cc3)CC2)CCCCN1.Cl.Cl. The average Bonchev–Trinajstić information content (AvgIpc) is 2.56. The van der Waals surface area contributed by atoms with Crippen molar-refractivity contribution in [2.24, 2.45) is 0 Å². The molecule has 1 amide bonds. The number of benzene rings is 1. The molecule has 0 bridgehead atoms. The number of carbonyl (C=O) groups excluding carboxylic acids is 1. The number of amides is 1. The number of rotatable bonds is 2. The van der Waals surface area contributed by atoms with Gasteiger partial charge in [-0.25, -0.2) is 0 Å². The molecule has 3 rings (SSSR count). The highest BCUT2D eigenvalue weighted by Gasteiger charge is 2.38. The zero-order valence-corrected chi connectivity index (χ0v) is 15.7. The smallest absolute Gasteiger partial charge is 0.242 e. The van der Waals surface area contributed by atoms with Crippen molar-refractivity contribution in [2.75, 3.05) is 37.6 Å². The molecule has 0 aromatic heterocycles. The normalized spacial score (nSPS) is 23.9. The highest BCUT2D eigenvalue weighted by atomic mass is 35.5. The molecule has 0 aliphatic carbocycles. The number of carbonyl (C=O) groups is 1. The van der Waals surface area contributed by atoms with Crippen molar-refractivity contribution in [1.29, 1.82) is 0 Å². The van der Waals surface area contributed by atoms with E-state index in [1.165, 1.54) is 0 Å². The fraction of sp³-hybridized carbons (Fsp3) is 0.588. The Morgan fingerprint density at radius 2 is 1.71 bits per heavy atom. The number of nitrogens with zero attached hydrogens (tertiary/aromatic N) is 2. The van der Waals surface area contributed by atoms with E-state index < -0.39 is 0 Å². The van der Waals surface area contributed by atoms with Gasteiger partial charge in [-0.15, -0.1) is 24.8 Å². The Labute approximate surface area is 156 Å². The third-order valence-electron chi connectivity index (χ3n) is 4.87. The van der Waals surface area contributed by atoms with E-state index in [0.717, 1.165) is 57.7 Å². The molecule has 24 heavy (non-hydrogen) atoms. The van der Waals surface area contributed by atoms with Crippen LogP contribution in [0.2, 0.25) is 0 Å². The topological polar surface area (TPSA) is 55.8 Å². The second-order valence-electron chi connectivity index (χ2n) is 6.51. The molecule has 0 spiro atoms. The van der Waals surface area contributed by atoms with Crippen LogP contribution in [0.5, 0.6) is 5.75 Å². The first-order chi connectivity index (χ1) is 10.6. The quantitative estimate of drug-likeness (QED) is 0.833. The molecule has 2 fully saturated rings. The lowest BCUT2D eigenvalue weighted by molar-refractivity contribution is -0.139. The summed E-state index contributed by atoms with van der Waals surface area (Å²) < 4.78 is 0. The number of halogens is 2. The Balaban J connectivity index is 0.00000144. The summed E-state index contributed by atoms with van der Waals surface area (Å²) in [5, 5.41) is 12.8. The van der Waals surface area contributed by atoms with Crippen molar-refractivity contribution in [3.63, 3.8) is 0 Å². The average molecular weight is 376 g/mol. The third kappa shape index (κ3) is 4.47. The van der Waals surface area contributed by atoms with Crippen LogP contribution in [0.25, 0.3) is 0 Å². The first kappa shape index (κ1) is 20.9. The predicted octanol–water partition coefficient (Wildman–Crippen LogP) is 2.42. The summed E-state index contributed by atoms with van der Waals surface area (Å²) in [6.07, 6.45) is 3.23. The van der Waals surface area contributed by atoms with Gasteiger partial charge >= 0.3 is 0 Å². The monoisotopic (exact) mass is 375 g/mol. The van der Waals surface area contributed by atoms with Gasteiger partial charge in [-0.05, 0) is 57.0 Å². The van der Waals surface area contributed by atoms with E-state index in [4.69, 9.17) is 0 Å². The van der Waals surface area contributed by atoms with Crippen LogP contribution >= 0.6 is 24.8 Å². The molecule has 1 aromatic carbocycles. The summed E-state index contributed by atoms with van der Waals surface area (Å²) in [6.45, 7) is 6.18. The van der Waals surface area contributed by atoms with Crippen LogP contribution < -0.4 is 10.2 Å². The van der Waals surface area contributed by atoms with E-state index in [1.807, 2.05) is 24.0 Å². The Bertz CT molecular complexity index is 525. The molecule has 1 unspecified atom stereocenters. The number of piperazine rings is 1. The molecule has 0 radical (unpaired) electrons. The molecule has 136 valence electrons. The van der Waals surface area contributed by atoms with Crippen molar-refractivity contribution in [3.8, 4) is 5.75 Å². The summed E-state index contributed by atoms with van der Waals surface area (Å²) in [4.78, 5) is 17.0. The van der Waals surface area contributed by atoms with Crippen LogP contribution in [0, 0.1) is 0 Å². The van der Waals surface area contributed by atoms with Gasteiger partial charge in [-0.3, -0.25) is 4.79 Å². The number of anilines is 1. The summed E-state index contributed by atoms with van der Waals surface area (Å²) in [6, 6.07) is 7.27. The van der Waals surface area contributed by atoms with E-state index in [2.05, 4.69) is 10.2 Å². The highest BCUT2D eigenvalue weighted by molar-refractivity contribution is 5.86. The first-order valence-corrected chi connectivity index (χ1v) is 8.17. The Morgan fingerprint density at radius 3 is 2.25 bits per heavy atom. The first-order valence-electron chi connectivity index (χ1n) is 8.17. The minimum absolute atomic E-state index is 0. The minimum atomic E-state index is -0.376. The minimum Gasteiger partial charge on any atom is -0.508 e. The summed E-state index contributed by atoms with van der Waals surface area (Å²) in [5.41, 5.74) is 0.728. The van der Waals surface area contributed by atoms with Crippen molar-refractivity contribution >= 4 is 36.4 Å². The predicted molar refractivity (Wildman–Crippen MR) is 102 cm³/mol. The van der Waals surface area contributed by atoms with Gasteiger partial charge in [0.15, 0.2) is 0 Å². The van der Waals surface area contributed by atoms with Crippen molar-refractivity contribution < 1.29 is 9.90 Å². The van der Waals surface area contributed by atoms with Gasteiger partial charge in [0.2, 0.25) is 5.91 Å². The van der Waals surface area contributed by atoms with Crippen LogP contribution in [0.3, 0.4) is 0 Å². The maximum absolute atomic E-state index is 12.8. The van der Waals surface area contributed by atoms with E-state index >= 15 is 0 Å². The molecule has 1 aromatic rings. The van der Waals surface area contributed by atoms with Crippen molar-refractivity contribution in [1.82, 2.24) is 10.2 Å². The highest BCUT2D eigenvalue weighted by Crippen LogP contribution is 2.24. The van der Waals surface area contributed by atoms with Crippen molar-refractivity contribution in [2.45, 2.75) is 31.7 Å². The van der Waals surface area contributed by atoms with Crippen LogP contribution in [-0.4, -0.2) is 54.2 Å². The van der Waals surface area contributed by atoms with Crippen LogP contribution in [0.4, 0.5) is 5.69 Å². The lowest BCUT2D eigenvalue weighted by Crippen LogP contribution is -2.61. The van der Waals surface area contributed by atoms with Gasteiger partial charge in [0, 0.05) is 31.9 Å². The van der Waals surface area contributed by atoms with E-state index in [9.17, 15) is 9.90 Å². The number of hydrogen-bond acceptors (Lipinski definition) is 4. The Kier molecular flexibility index (Phi) is 7.64. The standard InChI is InChI=1S/C17H25N3O2.2ClH/c1-17(8-2-3-9-18-17)16(22)20-12-10-19(11-13-20)14-4-6-15(21)7-5-14;;/h4-7,18,21H,2-3,8-13H2,1H3;2*1H. The number of aromatic hydroxyl groups is 1. The van der Waals surface area contributed by atoms with Gasteiger partial charge in [0.25, 0.3) is 0 Å². The zero-order valence-electron chi connectivity index (χ0n) is 14.0. The number of hydrogen-bond donors (Lipinski definition) is 2. The zero-order chi connectivity index (χ0) is 15.6. The molecule has 2 heterocycles.